The number of aromatic nitrogens is 2. The van der Waals surface area contributed by atoms with Gasteiger partial charge < -0.3 is 30.4 Å². The number of aromatic hydroxyl groups is 4. The average molecular weight is 463 g/mol. The first-order valence-corrected chi connectivity index (χ1v) is 12.0. The SMILES string of the molecule is CCNC1(NC2CCCc3c2[nH]c2cc(O)c(O)cc32)CCc2[nH]c3cc(O)c(O)cc3c2C1. The van der Waals surface area contributed by atoms with Gasteiger partial charge in [0.05, 0.1) is 5.66 Å². The molecule has 178 valence electrons. The molecule has 0 saturated carbocycles. The zero-order chi connectivity index (χ0) is 23.6. The average Bonchev–Trinajstić information content (AvgIpc) is 3.33. The van der Waals surface area contributed by atoms with E-state index < -0.39 is 0 Å². The van der Waals surface area contributed by atoms with Crippen molar-refractivity contribution in [3.05, 3.63) is 46.8 Å². The van der Waals surface area contributed by atoms with Gasteiger partial charge >= 0.3 is 0 Å². The van der Waals surface area contributed by atoms with Crippen molar-refractivity contribution in [1.29, 1.82) is 0 Å². The number of aryl methyl sites for hydroxylation is 2. The third-order valence-corrected chi connectivity index (χ3v) is 7.64. The first-order chi connectivity index (χ1) is 16.4. The molecule has 2 aromatic carbocycles. The maximum Gasteiger partial charge on any atom is 0.159 e. The van der Waals surface area contributed by atoms with Gasteiger partial charge in [-0.05, 0) is 61.9 Å². The fourth-order valence-electron chi connectivity index (χ4n) is 6.11. The van der Waals surface area contributed by atoms with Gasteiger partial charge in [-0.15, -0.1) is 0 Å². The van der Waals surface area contributed by atoms with Gasteiger partial charge in [0.2, 0.25) is 0 Å². The van der Waals surface area contributed by atoms with Crippen LogP contribution in [0.1, 0.15) is 54.7 Å². The Labute approximate surface area is 196 Å². The van der Waals surface area contributed by atoms with Crippen molar-refractivity contribution in [3.63, 3.8) is 0 Å². The Kier molecular flexibility index (Phi) is 4.72. The van der Waals surface area contributed by atoms with E-state index >= 15 is 0 Å². The Morgan fingerprint density at radius 1 is 0.882 bits per heavy atom. The molecule has 0 amide bonds. The molecule has 0 aliphatic heterocycles. The van der Waals surface area contributed by atoms with E-state index in [0.29, 0.717) is 0 Å². The molecule has 0 bridgehead atoms. The van der Waals surface area contributed by atoms with Gasteiger partial charge in [0.15, 0.2) is 23.0 Å². The number of hydrogen-bond acceptors (Lipinski definition) is 6. The Morgan fingerprint density at radius 2 is 1.53 bits per heavy atom. The number of aromatic amines is 2. The molecular weight excluding hydrogens is 432 g/mol. The predicted octanol–water partition coefficient (Wildman–Crippen LogP) is 3.93. The van der Waals surface area contributed by atoms with Crippen LogP contribution in [0.5, 0.6) is 23.0 Å². The van der Waals surface area contributed by atoms with Gasteiger partial charge in [-0.3, -0.25) is 10.6 Å². The van der Waals surface area contributed by atoms with Crippen molar-refractivity contribution in [3.8, 4) is 23.0 Å². The molecule has 8 nitrogen and oxygen atoms in total. The van der Waals surface area contributed by atoms with Crippen molar-refractivity contribution in [2.45, 2.75) is 57.2 Å². The number of rotatable bonds is 4. The van der Waals surface area contributed by atoms with Gasteiger partial charge in [-0.1, -0.05) is 6.92 Å². The lowest BCUT2D eigenvalue weighted by atomic mass is 9.83. The second-order valence-corrected chi connectivity index (χ2v) is 9.75. The van der Waals surface area contributed by atoms with E-state index in [2.05, 4.69) is 27.5 Å². The molecule has 2 aliphatic rings. The maximum absolute atomic E-state index is 10.1. The number of fused-ring (bicyclic) bond motifs is 6. The number of benzene rings is 2. The molecule has 2 heterocycles. The first-order valence-electron chi connectivity index (χ1n) is 12.0. The lowest BCUT2D eigenvalue weighted by Crippen LogP contribution is -2.61. The van der Waals surface area contributed by atoms with Crippen LogP contribution < -0.4 is 10.6 Å². The van der Waals surface area contributed by atoms with Gasteiger partial charge in [0, 0.05) is 57.8 Å². The second-order valence-electron chi connectivity index (χ2n) is 9.75. The molecule has 0 spiro atoms. The molecule has 34 heavy (non-hydrogen) atoms. The predicted molar refractivity (Wildman–Crippen MR) is 131 cm³/mol. The zero-order valence-corrected chi connectivity index (χ0v) is 19.1. The third kappa shape index (κ3) is 3.20. The Hall–Kier alpha value is -3.36. The van der Waals surface area contributed by atoms with Crippen molar-refractivity contribution >= 4 is 21.8 Å². The fraction of sp³-hybridized carbons (Fsp3) is 0.385. The molecule has 0 saturated heterocycles. The van der Waals surface area contributed by atoms with Gasteiger partial charge in [0.25, 0.3) is 0 Å². The smallest absolute Gasteiger partial charge is 0.159 e. The van der Waals surface area contributed by atoms with Crippen LogP contribution in [0.2, 0.25) is 0 Å². The summed E-state index contributed by atoms with van der Waals surface area (Å²) in [5.74, 6) is -0.439. The topological polar surface area (TPSA) is 137 Å². The summed E-state index contributed by atoms with van der Waals surface area (Å²) >= 11 is 0. The quantitative estimate of drug-likeness (QED) is 0.171. The van der Waals surface area contributed by atoms with Gasteiger partial charge in [-0.2, -0.15) is 0 Å². The van der Waals surface area contributed by atoms with Crippen LogP contribution in [0.25, 0.3) is 21.8 Å². The zero-order valence-electron chi connectivity index (χ0n) is 19.1. The normalized spacial score (nSPS) is 22.2. The number of nitrogens with one attached hydrogen (secondary N) is 4. The van der Waals surface area contributed by atoms with E-state index in [4.69, 9.17) is 0 Å². The van der Waals surface area contributed by atoms with Crippen LogP contribution in [-0.2, 0) is 19.3 Å². The molecule has 0 fully saturated rings. The van der Waals surface area contributed by atoms with E-state index in [1.54, 1.807) is 24.3 Å². The van der Waals surface area contributed by atoms with Crippen LogP contribution in [0.15, 0.2) is 24.3 Å². The standard InChI is InChI=1S/C26H30N4O4/c1-2-27-26(7-6-17-16(12-26)15-9-22(32)23(33)10-19(15)28-17)30-18-5-3-4-13-14-8-21(31)24(34)11-20(14)29-25(13)18/h8-11,18,27-34H,2-7,12H2,1H3. The molecular formula is C26H30N4O4. The summed E-state index contributed by atoms with van der Waals surface area (Å²) in [5.41, 5.74) is 5.97. The first kappa shape index (κ1) is 21.2. The number of phenols is 4. The van der Waals surface area contributed by atoms with Crippen LogP contribution in [-0.4, -0.2) is 42.6 Å². The van der Waals surface area contributed by atoms with Gasteiger partial charge in [0.1, 0.15) is 0 Å². The van der Waals surface area contributed by atoms with E-state index in [0.717, 1.165) is 83.8 Å². The largest absolute Gasteiger partial charge is 0.504 e. The Bertz CT molecular complexity index is 1420. The van der Waals surface area contributed by atoms with Gasteiger partial charge in [-0.25, -0.2) is 0 Å². The lowest BCUT2D eigenvalue weighted by molar-refractivity contribution is 0.192. The number of hydrogen-bond donors (Lipinski definition) is 8. The third-order valence-electron chi connectivity index (χ3n) is 7.64. The van der Waals surface area contributed by atoms with Crippen molar-refractivity contribution in [2.75, 3.05) is 6.54 Å². The number of phenolic OH excluding ortho intramolecular Hbond substituents is 4. The van der Waals surface area contributed by atoms with Crippen LogP contribution in [0, 0.1) is 0 Å². The second kappa shape index (κ2) is 7.58. The number of H-pyrrole nitrogens is 2. The van der Waals surface area contributed by atoms with Crippen molar-refractivity contribution in [2.24, 2.45) is 0 Å². The summed E-state index contributed by atoms with van der Waals surface area (Å²) in [7, 11) is 0. The lowest BCUT2D eigenvalue weighted by Gasteiger charge is -2.42. The summed E-state index contributed by atoms with van der Waals surface area (Å²) in [6, 6.07) is 6.60. The summed E-state index contributed by atoms with van der Waals surface area (Å²) in [6.07, 6.45) is 5.44. The van der Waals surface area contributed by atoms with E-state index in [-0.39, 0.29) is 34.7 Å². The van der Waals surface area contributed by atoms with Crippen molar-refractivity contribution < 1.29 is 20.4 Å². The molecule has 8 N–H and O–H groups in total. The summed E-state index contributed by atoms with van der Waals surface area (Å²) in [5, 5.41) is 49.6. The molecule has 2 aliphatic carbocycles. The minimum Gasteiger partial charge on any atom is -0.504 e. The molecule has 8 heteroatoms. The Morgan fingerprint density at radius 3 is 2.24 bits per heavy atom. The molecule has 0 radical (unpaired) electrons. The van der Waals surface area contributed by atoms with Crippen LogP contribution >= 0.6 is 0 Å². The van der Waals surface area contributed by atoms with Crippen LogP contribution in [0.4, 0.5) is 0 Å². The highest BCUT2D eigenvalue weighted by molar-refractivity contribution is 5.89. The summed E-state index contributed by atoms with van der Waals surface area (Å²) in [4.78, 5) is 6.94. The monoisotopic (exact) mass is 462 g/mol. The van der Waals surface area contributed by atoms with E-state index in [1.165, 1.54) is 5.56 Å². The summed E-state index contributed by atoms with van der Waals surface area (Å²) in [6.45, 7) is 2.92. The van der Waals surface area contributed by atoms with Crippen molar-refractivity contribution in [1.82, 2.24) is 20.6 Å². The minimum atomic E-state index is -0.328. The highest BCUT2D eigenvalue weighted by atomic mass is 16.3. The number of likely N-dealkylation sites (N-methyl/N-ethyl adjacent to an activating group) is 1. The molecule has 2 unspecified atom stereocenters. The molecule has 2 aromatic heterocycles. The van der Waals surface area contributed by atoms with E-state index in [1.807, 2.05) is 0 Å². The highest BCUT2D eigenvalue weighted by Crippen LogP contribution is 2.42. The highest BCUT2D eigenvalue weighted by Gasteiger charge is 2.39. The summed E-state index contributed by atoms with van der Waals surface area (Å²) < 4.78 is 0. The maximum atomic E-state index is 10.1. The van der Waals surface area contributed by atoms with E-state index in [9.17, 15) is 20.4 Å². The Balaban J connectivity index is 1.38. The fourth-order valence-corrected chi connectivity index (χ4v) is 6.11. The molecule has 6 rings (SSSR count). The molecule has 4 aromatic rings. The molecule has 2 atom stereocenters. The minimum absolute atomic E-state index is 0.0954. The van der Waals surface area contributed by atoms with Crippen LogP contribution in [0.3, 0.4) is 0 Å².